The number of amides is 1. The first-order valence-electron chi connectivity index (χ1n) is 9.58. The van der Waals surface area contributed by atoms with Crippen LogP contribution in [0.15, 0.2) is 52.4 Å². The predicted molar refractivity (Wildman–Crippen MR) is 116 cm³/mol. The van der Waals surface area contributed by atoms with E-state index in [1.165, 1.54) is 23.8 Å². The van der Waals surface area contributed by atoms with Gasteiger partial charge in [-0.25, -0.2) is 8.42 Å². The minimum absolute atomic E-state index is 0.128. The molecule has 9 nitrogen and oxygen atoms in total. The highest BCUT2D eigenvalue weighted by atomic mass is 32.2. The van der Waals surface area contributed by atoms with Crippen molar-refractivity contribution in [3.63, 3.8) is 0 Å². The zero-order valence-corrected chi connectivity index (χ0v) is 19.1. The third-order valence-corrected chi connectivity index (χ3v) is 7.04. The third kappa shape index (κ3) is 4.26. The Morgan fingerprint density at radius 2 is 1.84 bits per heavy atom. The number of carbonyl (C=O) groups is 2. The number of esters is 1. The molecule has 32 heavy (non-hydrogen) atoms. The van der Waals surface area contributed by atoms with Crippen LogP contribution in [0.4, 0.5) is 0 Å². The largest absolute Gasteiger partial charge is 0.482 e. The maximum atomic E-state index is 13.0. The Hall–Kier alpha value is -3.18. The van der Waals surface area contributed by atoms with Gasteiger partial charge in [-0.1, -0.05) is 23.5 Å². The van der Waals surface area contributed by atoms with Crippen molar-refractivity contribution in [2.45, 2.75) is 30.6 Å². The van der Waals surface area contributed by atoms with Gasteiger partial charge in [-0.15, -0.1) is 0 Å². The first-order chi connectivity index (χ1) is 15.2. The molecule has 0 saturated heterocycles. The van der Waals surface area contributed by atoms with Crippen molar-refractivity contribution >= 4 is 43.3 Å². The Morgan fingerprint density at radius 1 is 1.16 bits per heavy atom. The van der Waals surface area contributed by atoms with Gasteiger partial charge in [-0.05, 0) is 37.3 Å². The second-order valence-corrected chi connectivity index (χ2v) is 10.2. The van der Waals surface area contributed by atoms with E-state index < -0.39 is 33.9 Å². The molecule has 2 heterocycles. The molecule has 1 aliphatic heterocycles. The first-order valence-corrected chi connectivity index (χ1v) is 12.3. The van der Waals surface area contributed by atoms with Gasteiger partial charge < -0.3 is 18.8 Å². The molecule has 0 fully saturated rings. The molecule has 2 unspecified atom stereocenters. The van der Waals surface area contributed by atoms with Crippen LogP contribution in [0.25, 0.3) is 10.2 Å². The van der Waals surface area contributed by atoms with E-state index in [0.717, 1.165) is 17.6 Å². The normalized spacial score (nSPS) is 18.5. The number of para-hydroxylation sites is 2. The van der Waals surface area contributed by atoms with E-state index in [9.17, 15) is 18.0 Å². The Bertz CT molecular complexity index is 1390. The van der Waals surface area contributed by atoms with Crippen molar-refractivity contribution in [2.75, 3.05) is 13.4 Å². The summed E-state index contributed by atoms with van der Waals surface area (Å²) in [7, 11) is -2.17. The number of carbonyl (C=O) groups excluding carboxylic acids is 2. The minimum Gasteiger partial charge on any atom is -0.482 e. The van der Waals surface area contributed by atoms with Gasteiger partial charge in [-0.3, -0.25) is 9.59 Å². The van der Waals surface area contributed by atoms with E-state index >= 15 is 0 Å². The minimum atomic E-state index is -3.43. The standard InChI is InChI=1S/C21H20N2O7S2/c1-12-19(30-16-7-5-4-6-15(16)29-12)20(25)22-21-23(11-18(24)28-2)14-9-8-13(32(3,26)27)10-17(14)31-21/h4-10,12,19H,11H2,1-3H3. The molecule has 0 N–H and O–H groups in total. The number of aromatic nitrogens is 1. The molecule has 0 bridgehead atoms. The quantitative estimate of drug-likeness (QED) is 0.529. The molecule has 1 aromatic heterocycles. The molecule has 0 aliphatic carbocycles. The third-order valence-electron chi connectivity index (χ3n) is 4.89. The van der Waals surface area contributed by atoms with Crippen LogP contribution in [-0.2, 0) is 30.7 Å². The molecular weight excluding hydrogens is 456 g/mol. The summed E-state index contributed by atoms with van der Waals surface area (Å²) in [6, 6.07) is 11.5. The first kappa shape index (κ1) is 22.0. The highest BCUT2D eigenvalue weighted by molar-refractivity contribution is 7.90. The predicted octanol–water partition coefficient (Wildman–Crippen LogP) is 1.94. The summed E-state index contributed by atoms with van der Waals surface area (Å²) in [5, 5.41) is 0. The lowest BCUT2D eigenvalue weighted by molar-refractivity contribution is -0.141. The van der Waals surface area contributed by atoms with Crippen molar-refractivity contribution in [1.29, 1.82) is 0 Å². The fourth-order valence-electron chi connectivity index (χ4n) is 3.26. The van der Waals surface area contributed by atoms with Crippen molar-refractivity contribution in [2.24, 2.45) is 4.99 Å². The Kier molecular flexibility index (Phi) is 5.78. The van der Waals surface area contributed by atoms with E-state index in [-0.39, 0.29) is 16.2 Å². The van der Waals surface area contributed by atoms with Crippen LogP contribution in [-0.4, -0.2) is 50.4 Å². The second-order valence-electron chi connectivity index (χ2n) is 7.21. The molecule has 168 valence electrons. The van der Waals surface area contributed by atoms with Crippen molar-refractivity contribution in [3.05, 3.63) is 47.3 Å². The number of rotatable bonds is 4. The Balaban J connectivity index is 1.78. The average Bonchev–Trinajstić information content (AvgIpc) is 3.08. The van der Waals surface area contributed by atoms with Gasteiger partial charge in [0.1, 0.15) is 12.6 Å². The number of sulfone groups is 1. The van der Waals surface area contributed by atoms with Crippen LogP contribution < -0.4 is 14.3 Å². The van der Waals surface area contributed by atoms with E-state index in [0.29, 0.717) is 21.7 Å². The summed E-state index contributed by atoms with van der Waals surface area (Å²) in [6.07, 6.45) is -0.451. The maximum absolute atomic E-state index is 13.0. The van der Waals surface area contributed by atoms with Gasteiger partial charge in [0.2, 0.25) is 6.10 Å². The Morgan fingerprint density at radius 3 is 2.50 bits per heavy atom. The number of hydrogen-bond donors (Lipinski definition) is 0. The lowest BCUT2D eigenvalue weighted by Crippen LogP contribution is -2.43. The van der Waals surface area contributed by atoms with E-state index in [1.807, 2.05) is 0 Å². The molecule has 11 heteroatoms. The van der Waals surface area contributed by atoms with Crippen LogP contribution in [0, 0.1) is 0 Å². The average molecular weight is 477 g/mol. The molecule has 0 saturated carbocycles. The van der Waals surface area contributed by atoms with E-state index in [2.05, 4.69) is 4.99 Å². The van der Waals surface area contributed by atoms with Crippen molar-refractivity contribution < 1.29 is 32.2 Å². The fraction of sp³-hybridized carbons (Fsp3) is 0.286. The van der Waals surface area contributed by atoms with Crippen LogP contribution in [0.1, 0.15) is 6.92 Å². The summed E-state index contributed by atoms with van der Waals surface area (Å²) in [6.45, 7) is 1.51. The number of methoxy groups -OCH3 is 1. The molecule has 2 aromatic carbocycles. The van der Waals surface area contributed by atoms with E-state index in [4.69, 9.17) is 14.2 Å². The zero-order valence-electron chi connectivity index (χ0n) is 17.5. The molecule has 0 radical (unpaired) electrons. The fourth-order valence-corrected chi connectivity index (χ4v) is 5.06. The second kappa shape index (κ2) is 8.40. The van der Waals surface area contributed by atoms with Gasteiger partial charge in [0.05, 0.1) is 22.2 Å². The highest BCUT2D eigenvalue weighted by Crippen LogP contribution is 2.33. The summed E-state index contributed by atoms with van der Waals surface area (Å²) in [5.74, 6) is -0.137. The molecule has 3 aromatic rings. The highest BCUT2D eigenvalue weighted by Gasteiger charge is 2.34. The molecule has 0 spiro atoms. The molecular formula is C21H20N2O7S2. The zero-order chi connectivity index (χ0) is 23.0. The number of hydrogen-bond acceptors (Lipinski definition) is 8. The molecule has 1 amide bonds. The summed E-state index contributed by atoms with van der Waals surface area (Å²) in [5.41, 5.74) is 0.554. The summed E-state index contributed by atoms with van der Waals surface area (Å²) in [4.78, 5) is 29.5. The van der Waals surface area contributed by atoms with Gasteiger partial charge in [0, 0.05) is 6.26 Å². The van der Waals surface area contributed by atoms with Gasteiger partial charge in [0.25, 0.3) is 5.91 Å². The van der Waals surface area contributed by atoms with Crippen LogP contribution in [0.2, 0.25) is 0 Å². The Labute approximate surface area is 187 Å². The number of nitrogens with zero attached hydrogens (tertiary/aromatic N) is 2. The van der Waals surface area contributed by atoms with Crippen LogP contribution in [0.3, 0.4) is 0 Å². The maximum Gasteiger partial charge on any atom is 0.325 e. The smallest absolute Gasteiger partial charge is 0.325 e. The topological polar surface area (TPSA) is 113 Å². The van der Waals surface area contributed by atoms with Gasteiger partial charge >= 0.3 is 5.97 Å². The van der Waals surface area contributed by atoms with Crippen LogP contribution in [0.5, 0.6) is 11.5 Å². The van der Waals surface area contributed by atoms with E-state index in [1.54, 1.807) is 37.3 Å². The van der Waals surface area contributed by atoms with Crippen LogP contribution >= 0.6 is 11.3 Å². The summed E-state index contributed by atoms with van der Waals surface area (Å²) >= 11 is 1.09. The molecule has 4 rings (SSSR count). The summed E-state index contributed by atoms with van der Waals surface area (Å²) < 4.78 is 42.3. The number of thiazole rings is 1. The van der Waals surface area contributed by atoms with Gasteiger partial charge in [-0.2, -0.15) is 4.99 Å². The lowest BCUT2D eigenvalue weighted by Gasteiger charge is -2.29. The molecule has 2 atom stereocenters. The number of benzene rings is 2. The van der Waals surface area contributed by atoms with Crippen molar-refractivity contribution in [3.8, 4) is 11.5 Å². The SMILES string of the molecule is COC(=O)Cn1c(=NC(=O)C2Oc3ccccc3OC2C)sc2cc(S(C)(=O)=O)ccc21. The monoisotopic (exact) mass is 476 g/mol. The van der Waals surface area contributed by atoms with Gasteiger partial charge in [0.15, 0.2) is 26.1 Å². The van der Waals surface area contributed by atoms with Crippen molar-refractivity contribution in [1.82, 2.24) is 4.57 Å². The lowest BCUT2D eigenvalue weighted by atomic mass is 10.1. The number of ether oxygens (including phenoxy) is 3. The number of fused-ring (bicyclic) bond motifs is 2. The molecule has 1 aliphatic rings.